The summed E-state index contributed by atoms with van der Waals surface area (Å²) in [5.74, 6) is -0.0290. The second-order valence-corrected chi connectivity index (χ2v) is 9.70. The fourth-order valence-corrected chi connectivity index (χ4v) is 4.44. The number of H-pyrrole nitrogens is 2. The van der Waals surface area contributed by atoms with Crippen LogP contribution in [-0.4, -0.2) is 30.7 Å². The third-order valence-corrected chi connectivity index (χ3v) is 6.19. The van der Waals surface area contributed by atoms with Crippen LogP contribution < -0.4 is 16.6 Å². The topological polar surface area (TPSA) is 113 Å². The Morgan fingerprint density at radius 3 is 2.62 bits per heavy atom. The first-order valence-electron chi connectivity index (χ1n) is 10.1. The van der Waals surface area contributed by atoms with Crippen LogP contribution in [0.4, 0.5) is 5.69 Å². The van der Waals surface area contributed by atoms with Crippen molar-refractivity contribution in [2.45, 2.75) is 37.7 Å². The molecule has 2 heterocycles. The molecule has 0 aliphatic carbocycles. The average molecular weight is 472 g/mol. The van der Waals surface area contributed by atoms with E-state index in [0.29, 0.717) is 44.3 Å². The van der Waals surface area contributed by atoms with E-state index < -0.39 is 5.25 Å². The summed E-state index contributed by atoms with van der Waals surface area (Å²) >= 11 is 7.30. The summed E-state index contributed by atoms with van der Waals surface area (Å²) in [6, 6.07) is 10.1. The van der Waals surface area contributed by atoms with Gasteiger partial charge in [0.1, 0.15) is 0 Å². The van der Waals surface area contributed by atoms with Gasteiger partial charge in [0, 0.05) is 17.3 Å². The molecule has 3 N–H and O–H groups in total. The van der Waals surface area contributed by atoms with Crippen LogP contribution in [0.1, 0.15) is 20.8 Å². The second-order valence-electron chi connectivity index (χ2n) is 7.95. The molecular formula is C22H22ClN5O3S. The minimum Gasteiger partial charge on any atom is -0.325 e. The van der Waals surface area contributed by atoms with Crippen LogP contribution >= 0.6 is 23.4 Å². The Labute approximate surface area is 192 Å². The van der Waals surface area contributed by atoms with Gasteiger partial charge in [0.25, 0.3) is 5.56 Å². The molecule has 10 heteroatoms. The average Bonchev–Trinajstić information content (AvgIpc) is 3.10. The number of fused-ring (bicyclic) bond motifs is 2. The maximum Gasteiger partial charge on any atom is 0.323 e. The van der Waals surface area contributed by atoms with E-state index in [2.05, 4.69) is 20.3 Å². The van der Waals surface area contributed by atoms with Crippen molar-refractivity contribution in [1.82, 2.24) is 19.5 Å². The molecule has 32 heavy (non-hydrogen) atoms. The zero-order valence-corrected chi connectivity index (χ0v) is 19.3. The minimum absolute atomic E-state index is 0.178. The van der Waals surface area contributed by atoms with E-state index in [9.17, 15) is 14.4 Å². The molecule has 0 aliphatic rings. The van der Waals surface area contributed by atoms with Crippen LogP contribution in [0.3, 0.4) is 0 Å². The molecule has 8 nitrogen and oxygen atoms in total. The van der Waals surface area contributed by atoms with Crippen molar-refractivity contribution in [1.29, 1.82) is 0 Å². The maximum absolute atomic E-state index is 13.1. The molecule has 1 unspecified atom stereocenters. The highest BCUT2D eigenvalue weighted by Crippen LogP contribution is 2.25. The molecule has 4 aromatic rings. The van der Waals surface area contributed by atoms with Crippen LogP contribution in [0.15, 0.2) is 51.1 Å². The quantitative estimate of drug-likeness (QED) is 0.290. The Balaban J connectivity index is 1.61. The first-order valence-corrected chi connectivity index (χ1v) is 11.4. The Hall–Kier alpha value is -3.04. The standard InChI is InChI=1S/C22H22ClN5O3S/c1-11(2)10-28-20(30)15-8-13(23)4-6-16(15)27-22(28)32-12(3)19(29)24-14-5-7-17-18(9-14)26-21(31)25-17/h4-9,11-12H,10H2,1-3H3,(H,24,29)(H2,25,26,31). The Bertz CT molecular complexity index is 1440. The van der Waals surface area contributed by atoms with Crippen LogP contribution in [0.25, 0.3) is 21.9 Å². The number of thioether (sulfide) groups is 1. The molecule has 0 aliphatic heterocycles. The number of nitrogens with one attached hydrogen (secondary N) is 3. The Kier molecular flexibility index (Phi) is 6.12. The van der Waals surface area contributed by atoms with Crippen LogP contribution in [0.5, 0.6) is 0 Å². The number of benzene rings is 2. The number of aromatic amines is 2. The summed E-state index contributed by atoms with van der Waals surface area (Å²) < 4.78 is 1.61. The molecule has 0 fully saturated rings. The summed E-state index contributed by atoms with van der Waals surface area (Å²) in [6.45, 7) is 6.26. The van der Waals surface area contributed by atoms with Gasteiger partial charge in [-0.3, -0.25) is 14.2 Å². The van der Waals surface area contributed by atoms with Gasteiger partial charge in [-0.25, -0.2) is 9.78 Å². The number of amides is 1. The van der Waals surface area contributed by atoms with Gasteiger partial charge >= 0.3 is 5.69 Å². The molecule has 2 aromatic carbocycles. The molecular weight excluding hydrogens is 450 g/mol. The first kappa shape index (κ1) is 22.2. The fourth-order valence-electron chi connectivity index (χ4n) is 3.35. The number of halogens is 1. The van der Waals surface area contributed by atoms with Gasteiger partial charge in [-0.1, -0.05) is 37.2 Å². The van der Waals surface area contributed by atoms with Crippen LogP contribution in [0.2, 0.25) is 5.02 Å². The predicted octanol–water partition coefficient (Wildman–Crippen LogP) is 3.99. The number of rotatable bonds is 6. The highest BCUT2D eigenvalue weighted by molar-refractivity contribution is 8.00. The van der Waals surface area contributed by atoms with E-state index >= 15 is 0 Å². The number of hydrogen-bond donors (Lipinski definition) is 3. The van der Waals surface area contributed by atoms with Crippen molar-refractivity contribution in [3.63, 3.8) is 0 Å². The van der Waals surface area contributed by atoms with Crippen molar-refractivity contribution in [3.05, 3.63) is 62.3 Å². The third kappa shape index (κ3) is 4.58. The van der Waals surface area contributed by atoms with E-state index in [1.54, 1.807) is 47.9 Å². The lowest BCUT2D eigenvalue weighted by molar-refractivity contribution is -0.115. The van der Waals surface area contributed by atoms with E-state index in [4.69, 9.17) is 11.6 Å². The number of carbonyl (C=O) groups is 1. The first-order chi connectivity index (χ1) is 15.2. The van der Waals surface area contributed by atoms with Crippen molar-refractivity contribution < 1.29 is 4.79 Å². The zero-order valence-electron chi connectivity index (χ0n) is 17.7. The summed E-state index contributed by atoms with van der Waals surface area (Å²) in [5.41, 5.74) is 1.88. The van der Waals surface area contributed by atoms with Crippen LogP contribution in [-0.2, 0) is 11.3 Å². The highest BCUT2D eigenvalue weighted by atomic mass is 35.5. The largest absolute Gasteiger partial charge is 0.325 e. The molecule has 1 amide bonds. The van der Waals surface area contributed by atoms with Gasteiger partial charge in [0.15, 0.2) is 5.16 Å². The number of carbonyl (C=O) groups excluding carboxylic acids is 1. The Morgan fingerprint density at radius 1 is 1.12 bits per heavy atom. The van der Waals surface area contributed by atoms with Gasteiger partial charge in [-0.05, 0) is 49.2 Å². The molecule has 1 atom stereocenters. The molecule has 0 bridgehead atoms. The predicted molar refractivity (Wildman–Crippen MR) is 129 cm³/mol. The molecule has 4 rings (SSSR count). The normalized spacial score (nSPS) is 12.5. The minimum atomic E-state index is -0.522. The van der Waals surface area contributed by atoms with E-state index in [-0.39, 0.29) is 23.1 Å². The SMILES string of the molecule is CC(C)Cn1c(SC(C)C(=O)Nc2ccc3[nH]c(=O)[nH]c3c2)nc2ccc(Cl)cc2c1=O. The highest BCUT2D eigenvalue weighted by Gasteiger charge is 2.20. The summed E-state index contributed by atoms with van der Waals surface area (Å²) in [4.78, 5) is 47.4. The van der Waals surface area contributed by atoms with Gasteiger partial charge < -0.3 is 15.3 Å². The third-order valence-electron chi connectivity index (χ3n) is 4.86. The molecule has 166 valence electrons. The van der Waals surface area contributed by atoms with Crippen molar-refractivity contribution in [2.24, 2.45) is 5.92 Å². The molecule has 0 saturated heterocycles. The number of imidazole rings is 1. The number of aromatic nitrogens is 4. The number of anilines is 1. The Morgan fingerprint density at radius 2 is 1.88 bits per heavy atom. The van der Waals surface area contributed by atoms with Crippen molar-refractivity contribution >= 4 is 56.9 Å². The fraction of sp³-hybridized carbons (Fsp3) is 0.273. The zero-order chi connectivity index (χ0) is 23.0. The summed E-state index contributed by atoms with van der Waals surface area (Å²) in [5, 5.41) is 3.74. The van der Waals surface area contributed by atoms with Gasteiger partial charge in [-0.2, -0.15) is 0 Å². The van der Waals surface area contributed by atoms with E-state index in [0.717, 1.165) is 0 Å². The molecule has 0 radical (unpaired) electrons. The van der Waals surface area contributed by atoms with Crippen molar-refractivity contribution in [2.75, 3.05) is 5.32 Å². The molecule has 2 aromatic heterocycles. The van der Waals surface area contributed by atoms with Gasteiger partial charge in [0.2, 0.25) is 5.91 Å². The summed E-state index contributed by atoms with van der Waals surface area (Å²) in [7, 11) is 0. The number of nitrogens with zero attached hydrogens (tertiary/aromatic N) is 2. The van der Waals surface area contributed by atoms with Gasteiger partial charge in [0.05, 0.1) is 27.2 Å². The smallest absolute Gasteiger partial charge is 0.323 e. The lowest BCUT2D eigenvalue weighted by Crippen LogP contribution is -2.28. The van der Waals surface area contributed by atoms with Crippen LogP contribution in [0, 0.1) is 5.92 Å². The second kappa shape index (κ2) is 8.84. The number of hydrogen-bond acceptors (Lipinski definition) is 5. The summed E-state index contributed by atoms with van der Waals surface area (Å²) in [6.07, 6.45) is 0. The van der Waals surface area contributed by atoms with E-state index in [1.807, 2.05) is 13.8 Å². The molecule has 0 saturated carbocycles. The lowest BCUT2D eigenvalue weighted by Gasteiger charge is -2.17. The van der Waals surface area contributed by atoms with E-state index in [1.165, 1.54) is 11.8 Å². The lowest BCUT2D eigenvalue weighted by atomic mass is 10.2. The monoisotopic (exact) mass is 471 g/mol. The molecule has 0 spiro atoms. The van der Waals surface area contributed by atoms with Gasteiger partial charge in [-0.15, -0.1) is 0 Å². The maximum atomic E-state index is 13.1. The van der Waals surface area contributed by atoms with Crippen molar-refractivity contribution in [3.8, 4) is 0 Å².